The lowest BCUT2D eigenvalue weighted by Gasteiger charge is -2.17. The van der Waals surface area contributed by atoms with Crippen LogP contribution in [0.15, 0.2) is 23.0 Å². The molecule has 124 valence electrons. The number of hydrogen-bond donors (Lipinski definition) is 2. The van der Waals surface area contributed by atoms with Gasteiger partial charge in [0.05, 0.1) is 16.9 Å². The minimum atomic E-state index is -0.405. The van der Waals surface area contributed by atoms with Crippen LogP contribution in [0.25, 0.3) is 10.9 Å². The molecule has 1 atom stereocenters. The maximum absolute atomic E-state index is 12.4. The molecule has 0 aliphatic carbocycles. The summed E-state index contributed by atoms with van der Waals surface area (Å²) in [6, 6.07) is 4.29. The van der Waals surface area contributed by atoms with Crippen molar-refractivity contribution in [3.63, 3.8) is 0 Å². The van der Waals surface area contributed by atoms with Crippen LogP contribution in [-0.2, 0) is 7.05 Å². The molecule has 6 nitrogen and oxygen atoms in total. The molecule has 7 heteroatoms. The maximum atomic E-state index is 12.4. The van der Waals surface area contributed by atoms with E-state index in [9.17, 15) is 9.59 Å². The molecule has 0 unspecified atom stereocenters. The number of unbranched alkanes of at least 4 members (excludes halogenated alkanes) is 1. The van der Waals surface area contributed by atoms with E-state index in [1.807, 2.05) is 0 Å². The highest BCUT2D eigenvalue weighted by atomic mass is 35.5. The summed E-state index contributed by atoms with van der Waals surface area (Å²) in [6.07, 6.45) is 1.93. The Kier molecular flexibility index (Phi) is 5.60. The minimum absolute atomic E-state index is 0.165. The average molecular weight is 337 g/mol. The van der Waals surface area contributed by atoms with E-state index >= 15 is 0 Å². The monoisotopic (exact) mass is 336 g/mol. The summed E-state index contributed by atoms with van der Waals surface area (Å²) in [6.45, 7) is 4.47. The molecule has 0 bridgehead atoms. The van der Waals surface area contributed by atoms with Crippen molar-refractivity contribution < 1.29 is 4.79 Å². The van der Waals surface area contributed by atoms with Crippen LogP contribution < -0.4 is 16.2 Å². The zero-order chi connectivity index (χ0) is 17.0. The van der Waals surface area contributed by atoms with Gasteiger partial charge in [0.2, 0.25) is 0 Å². The van der Waals surface area contributed by atoms with Crippen molar-refractivity contribution in [2.24, 2.45) is 7.05 Å². The van der Waals surface area contributed by atoms with Crippen LogP contribution in [0.5, 0.6) is 0 Å². The van der Waals surface area contributed by atoms with Crippen molar-refractivity contribution in [2.45, 2.75) is 32.7 Å². The number of nitrogens with one attached hydrogen (secondary N) is 2. The van der Waals surface area contributed by atoms with E-state index in [0.29, 0.717) is 28.3 Å². The molecule has 0 saturated carbocycles. The summed E-state index contributed by atoms with van der Waals surface area (Å²) >= 11 is 5.97. The van der Waals surface area contributed by atoms with E-state index < -0.39 is 6.04 Å². The van der Waals surface area contributed by atoms with Gasteiger partial charge in [0.15, 0.2) is 0 Å². The molecule has 2 N–H and O–H groups in total. The number of nitrogens with zero attached hydrogens (tertiary/aromatic N) is 2. The van der Waals surface area contributed by atoms with Crippen molar-refractivity contribution in [2.75, 3.05) is 6.54 Å². The summed E-state index contributed by atoms with van der Waals surface area (Å²) < 4.78 is 1.45. The van der Waals surface area contributed by atoms with Crippen molar-refractivity contribution in [1.82, 2.24) is 20.2 Å². The van der Waals surface area contributed by atoms with Gasteiger partial charge < -0.3 is 10.6 Å². The number of carbonyl (C=O) groups excluding carboxylic acids is 1. The fraction of sp³-hybridized carbons (Fsp3) is 0.438. The first-order valence-electron chi connectivity index (χ1n) is 7.64. The molecule has 2 rings (SSSR count). The fourth-order valence-electron chi connectivity index (χ4n) is 2.34. The van der Waals surface area contributed by atoms with Crippen LogP contribution >= 0.6 is 11.6 Å². The standard InChI is InChI=1S/C16H21ClN4O2/c1-4-5-8-18-16(23)19-10(2)14-20-13-9-11(17)6-7-12(13)15(22)21(14)3/h6-7,9-10H,4-5,8H2,1-3H3,(H2,18,19,23)/t10-/m0/s1. The number of benzene rings is 1. The number of carbonyl (C=O) groups is 1. The average Bonchev–Trinajstić information content (AvgIpc) is 2.50. The van der Waals surface area contributed by atoms with Crippen LogP contribution in [0.4, 0.5) is 4.79 Å². The van der Waals surface area contributed by atoms with Crippen LogP contribution in [0.3, 0.4) is 0 Å². The number of amides is 2. The largest absolute Gasteiger partial charge is 0.338 e. The van der Waals surface area contributed by atoms with Gasteiger partial charge in [-0.2, -0.15) is 0 Å². The first-order chi connectivity index (χ1) is 10.9. The Hall–Kier alpha value is -2.08. The first kappa shape index (κ1) is 17.3. The van der Waals surface area contributed by atoms with Crippen LogP contribution in [-0.4, -0.2) is 22.1 Å². The molecule has 0 aliphatic heterocycles. The predicted octanol–water partition coefficient (Wildman–Crippen LogP) is 2.75. The lowest BCUT2D eigenvalue weighted by atomic mass is 10.2. The first-order valence-corrected chi connectivity index (χ1v) is 8.02. The zero-order valence-corrected chi connectivity index (χ0v) is 14.3. The predicted molar refractivity (Wildman–Crippen MR) is 91.9 cm³/mol. The zero-order valence-electron chi connectivity index (χ0n) is 13.5. The Labute approximate surface area is 139 Å². The molecule has 1 heterocycles. The highest BCUT2D eigenvalue weighted by molar-refractivity contribution is 6.31. The summed E-state index contributed by atoms with van der Waals surface area (Å²) in [4.78, 5) is 28.8. The maximum Gasteiger partial charge on any atom is 0.315 e. The van der Waals surface area contributed by atoms with Gasteiger partial charge in [-0.3, -0.25) is 9.36 Å². The van der Waals surface area contributed by atoms with Gasteiger partial charge in [0.1, 0.15) is 5.82 Å². The van der Waals surface area contributed by atoms with Gasteiger partial charge >= 0.3 is 6.03 Å². The number of urea groups is 1. The van der Waals surface area contributed by atoms with Crippen LogP contribution in [0, 0.1) is 0 Å². The smallest absolute Gasteiger partial charge is 0.315 e. The van der Waals surface area contributed by atoms with Crippen molar-refractivity contribution in [3.05, 3.63) is 39.4 Å². The summed E-state index contributed by atoms with van der Waals surface area (Å²) in [5.41, 5.74) is 0.359. The Bertz CT molecular complexity index is 772. The van der Waals surface area contributed by atoms with E-state index in [0.717, 1.165) is 12.8 Å². The van der Waals surface area contributed by atoms with Crippen molar-refractivity contribution >= 4 is 28.5 Å². The van der Waals surface area contributed by atoms with E-state index in [-0.39, 0.29) is 11.6 Å². The van der Waals surface area contributed by atoms with E-state index in [4.69, 9.17) is 11.6 Å². The molecule has 1 aromatic heterocycles. The number of halogens is 1. The van der Waals surface area contributed by atoms with E-state index in [1.165, 1.54) is 4.57 Å². The number of fused-ring (bicyclic) bond motifs is 1. The van der Waals surface area contributed by atoms with Gasteiger partial charge in [0, 0.05) is 18.6 Å². The Morgan fingerprint density at radius 2 is 2.17 bits per heavy atom. The van der Waals surface area contributed by atoms with Gasteiger partial charge in [-0.05, 0) is 31.5 Å². The van der Waals surface area contributed by atoms with Crippen LogP contribution in [0.2, 0.25) is 5.02 Å². The van der Waals surface area contributed by atoms with E-state index in [1.54, 1.807) is 32.2 Å². The fourth-order valence-corrected chi connectivity index (χ4v) is 2.51. The number of rotatable bonds is 5. The molecule has 0 spiro atoms. The quantitative estimate of drug-likeness (QED) is 0.824. The molecule has 2 amide bonds. The third-order valence-electron chi connectivity index (χ3n) is 3.62. The van der Waals surface area contributed by atoms with Gasteiger partial charge in [-0.25, -0.2) is 9.78 Å². The molecule has 1 aromatic carbocycles. The third kappa shape index (κ3) is 4.01. The minimum Gasteiger partial charge on any atom is -0.338 e. The van der Waals surface area contributed by atoms with Gasteiger partial charge in [-0.15, -0.1) is 0 Å². The van der Waals surface area contributed by atoms with Gasteiger partial charge in [-0.1, -0.05) is 24.9 Å². The van der Waals surface area contributed by atoms with Crippen molar-refractivity contribution in [1.29, 1.82) is 0 Å². The molecule has 23 heavy (non-hydrogen) atoms. The second-order valence-corrected chi connectivity index (χ2v) is 5.91. The Balaban J connectivity index is 2.26. The third-order valence-corrected chi connectivity index (χ3v) is 3.86. The Morgan fingerprint density at radius 3 is 2.87 bits per heavy atom. The van der Waals surface area contributed by atoms with Crippen molar-refractivity contribution in [3.8, 4) is 0 Å². The molecule has 0 saturated heterocycles. The second-order valence-electron chi connectivity index (χ2n) is 5.47. The lowest BCUT2D eigenvalue weighted by Crippen LogP contribution is -2.39. The molecular formula is C16H21ClN4O2. The molecule has 0 fully saturated rings. The molecule has 0 radical (unpaired) electrons. The normalized spacial score (nSPS) is 12.2. The van der Waals surface area contributed by atoms with Gasteiger partial charge in [0.25, 0.3) is 5.56 Å². The molecular weight excluding hydrogens is 316 g/mol. The molecule has 2 aromatic rings. The SMILES string of the molecule is CCCCNC(=O)N[C@@H](C)c1nc2cc(Cl)ccc2c(=O)n1C. The molecule has 0 aliphatic rings. The Morgan fingerprint density at radius 1 is 1.43 bits per heavy atom. The summed E-state index contributed by atoms with van der Waals surface area (Å²) in [5.74, 6) is 0.482. The highest BCUT2D eigenvalue weighted by Gasteiger charge is 2.16. The second kappa shape index (κ2) is 7.46. The lowest BCUT2D eigenvalue weighted by molar-refractivity contribution is 0.237. The highest BCUT2D eigenvalue weighted by Crippen LogP contribution is 2.17. The van der Waals surface area contributed by atoms with E-state index in [2.05, 4.69) is 22.5 Å². The van der Waals surface area contributed by atoms with Crippen LogP contribution in [0.1, 0.15) is 38.6 Å². The summed E-state index contributed by atoms with van der Waals surface area (Å²) in [7, 11) is 1.64. The summed E-state index contributed by atoms with van der Waals surface area (Å²) in [5, 5.41) is 6.59. The number of hydrogen-bond acceptors (Lipinski definition) is 3. The topological polar surface area (TPSA) is 76.0 Å². The number of aromatic nitrogens is 2.